The predicted octanol–water partition coefficient (Wildman–Crippen LogP) is 7.57. The standard InChI is InChI=1S/C46H56FNO12Si/c1-27(49)55-26-40-43(57-29(3)51)44(58-30(4)52)42(56-28(2)50)38(59-40)24-16-31-15-21-35(39(25-31)60-61(8,9)46(5,6)7)41-36(45(54)48(41)34-13-11-10-12-14-34)22-23-37(53)32-17-19-33(47)20-18-32/h10-21,24-25,36-38,40-44,53H,22-23,26H2,1-9H3/b24-16+/t36-,37+,38+,40?,41-,42+,43+,44?/m1/s1. The Hall–Kier alpha value is -5.38. The van der Waals surface area contributed by atoms with Crippen LogP contribution in [0.3, 0.4) is 0 Å². The summed E-state index contributed by atoms with van der Waals surface area (Å²) in [7, 11) is -2.53. The van der Waals surface area contributed by atoms with Crippen molar-refractivity contribution in [2.45, 2.75) is 122 Å². The molecule has 0 aliphatic carbocycles. The summed E-state index contributed by atoms with van der Waals surface area (Å²) in [5, 5.41) is 10.9. The zero-order valence-corrected chi connectivity index (χ0v) is 37.1. The fourth-order valence-electron chi connectivity index (χ4n) is 7.29. The van der Waals surface area contributed by atoms with Crippen LogP contribution in [0, 0.1) is 11.7 Å². The molecule has 61 heavy (non-hydrogen) atoms. The van der Waals surface area contributed by atoms with Crippen LogP contribution in [0.15, 0.2) is 78.9 Å². The second kappa shape index (κ2) is 19.6. The first-order valence-corrected chi connectivity index (χ1v) is 23.2. The molecule has 13 nitrogen and oxygen atoms in total. The van der Waals surface area contributed by atoms with Gasteiger partial charge in [0.05, 0.1) is 18.1 Å². The van der Waals surface area contributed by atoms with Crippen LogP contribution in [0.2, 0.25) is 18.1 Å². The number of anilines is 1. The second-order valence-corrected chi connectivity index (χ2v) is 21.6. The molecule has 2 aliphatic rings. The molecule has 1 N–H and O–H groups in total. The Kier molecular flexibility index (Phi) is 15.0. The predicted molar refractivity (Wildman–Crippen MR) is 226 cm³/mol. The average Bonchev–Trinajstić information content (AvgIpc) is 3.17. The molecular formula is C46H56FNO12Si. The highest BCUT2D eigenvalue weighted by molar-refractivity contribution is 6.74. The van der Waals surface area contributed by atoms with Crippen LogP contribution in [0.1, 0.15) is 90.1 Å². The minimum atomic E-state index is -2.53. The summed E-state index contributed by atoms with van der Waals surface area (Å²) in [6, 6.07) is 20.2. The molecule has 3 aromatic rings. The zero-order chi connectivity index (χ0) is 44.8. The van der Waals surface area contributed by atoms with E-state index in [1.54, 1.807) is 17.1 Å². The Labute approximate surface area is 357 Å². The molecule has 8 atom stereocenters. The summed E-state index contributed by atoms with van der Waals surface area (Å²) in [5.41, 5.74) is 2.67. The number of para-hydroxylation sites is 1. The number of amides is 1. The van der Waals surface area contributed by atoms with Gasteiger partial charge in [-0.15, -0.1) is 0 Å². The van der Waals surface area contributed by atoms with Gasteiger partial charge in [0.2, 0.25) is 14.2 Å². The van der Waals surface area contributed by atoms with E-state index in [4.69, 9.17) is 28.1 Å². The maximum absolute atomic E-state index is 14.0. The van der Waals surface area contributed by atoms with Gasteiger partial charge in [0, 0.05) is 38.9 Å². The first kappa shape index (κ1) is 46.7. The largest absolute Gasteiger partial charge is 0.543 e. The van der Waals surface area contributed by atoms with E-state index in [0.717, 1.165) is 19.4 Å². The van der Waals surface area contributed by atoms with E-state index in [-0.39, 0.29) is 24.0 Å². The molecule has 0 saturated carbocycles. The van der Waals surface area contributed by atoms with Gasteiger partial charge in [-0.3, -0.25) is 24.0 Å². The van der Waals surface area contributed by atoms with Gasteiger partial charge in [-0.1, -0.05) is 75.4 Å². The number of carbonyl (C=O) groups excluding carboxylic acids is 5. The van der Waals surface area contributed by atoms with Crippen LogP contribution >= 0.6 is 0 Å². The van der Waals surface area contributed by atoms with Crippen LogP contribution in [0.5, 0.6) is 5.75 Å². The normalized spacial score (nSPS) is 23.4. The highest BCUT2D eigenvalue weighted by Crippen LogP contribution is 2.50. The van der Waals surface area contributed by atoms with Crippen LogP contribution in [-0.4, -0.2) is 80.3 Å². The lowest BCUT2D eigenvalue weighted by atomic mass is 9.77. The van der Waals surface area contributed by atoms with E-state index >= 15 is 0 Å². The molecule has 328 valence electrons. The lowest BCUT2D eigenvalue weighted by molar-refractivity contribution is -0.244. The smallest absolute Gasteiger partial charge is 0.303 e. The number of β-lactam (4-membered cyclic amide) rings is 1. The molecule has 0 spiro atoms. The van der Waals surface area contributed by atoms with E-state index in [1.165, 1.54) is 38.1 Å². The molecule has 2 unspecified atom stereocenters. The van der Waals surface area contributed by atoms with Gasteiger partial charge >= 0.3 is 23.9 Å². The van der Waals surface area contributed by atoms with Gasteiger partial charge in [0.1, 0.15) is 30.4 Å². The molecule has 1 amide bonds. The topological polar surface area (TPSA) is 164 Å². The Morgan fingerprint density at radius 1 is 0.852 bits per heavy atom. The number of nitrogens with zero attached hydrogens (tertiary/aromatic N) is 1. The van der Waals surface area contributed by atoms with Crippen LogP contribution in [0.25, 0.3) is 6.08 Å². The minimum Gasteiger partial charge on any atom is -0.543 e. The molecular weight excluding hydrogens is 806 g/mol. The number of aliphatic hydroxyl groups is 1. The maximum atomic E-state index is 14.0. The molecule has 2 aliphatic heterocycles. The van der Waals surface area contributed by atoms with E-state index in [1.807, 2.05) is 48.5 Å². The fourth-order valence-corrected chi connectivity index (χ4v) is 8.32. The van der Waals surface area contributed by atoms with Crippen molar-refractivity contribution < 1.29 is 61.6 Å². The van der Waals surface area contributed by atoms with Gasteiger partial charge in [-0.2, -0.15) is 0 Å². The van der Waals surface area contributed by atoms with Gasteiger partial charge in [0.15, 0.2) is 18.3 Å². The van der Waals surface area contributed by atoms with Crippen LogP contribution in [-0.2, 0) is 47.7 Å². The lowest BCUT2D eigenvalue weighted by Gasteiger charge is -2.49. The number of rotatable bonds is 15. The first-order valence-electron chi connectivity index (χ1n) is 20.3. The third-order valence-electron chi connectivity index (χ3n) is 11.3. The van der Waals surface area contributed by atoms with Crippen molar-refractivity contribution in [2.24, 2.45) is 5.92 Å². The second-order valence-electron chi connectivity index (χ2n) is 16.9. The molecule has 2 saturated heterocycles. The average molecular weight is 862 g/mol. The maximum Gasteiger partial charge on any atom is 0.303 e. The van der Waals surface area contributed by atoms with E-state index in [2.05, 4.69) is 33.9 Å². The number of aliphatic hydroxyl groups excluding tert-OH is 1. The molecule has 0 radical (unpaired) electrons. The summed E-state index contributed by atoms with van der Waals surface area (Å²) in [5.74, 6) is -3.27. The molecule has 15 heteroatoms. The van der Waals surface area contributed by atoms with Gasteiger partial charge in [0.25, 0.3) is 0 Å². The highest BCUT2D eigenvalue weighted by Gasteiger charge is 2.52. The Morgan fingerprint density at radius 2 is 1.46 bits per heavy atom. The number of benzene rings is 3. The first-order chi connectivity index (χ1) is 28.7. The lowest BCUT2D eigenvalue weighted by Crippen LogP contribution is -2.61. The fraction of sp³-hybridized carbons (Fsp3) is 0.457. The van der Waals surface area contributed by atoms with E-state index in [9.17, 15) is 33.5 Å². The minimum absolute atomic E-state index is 0.103. The van der Waals surface area contributed by atoms with Crippen molar-refractivity contribution in [3.05, 3.63) is 101 Å². The van der Waals surface area contributed by atoms with Crippen LogP contribution in [0.4, 0.5) is 10.1 Å². The number of hydrogen-bond donors (Lipinski definition) is 1. The summed E-state index contributed by atoms with van der Waals surface area (Å²) in [6.45, 7) is 14.9. The number of esters is 4. The summed E-state index contributed by atoms with van der Waals surface area (Å²) >= 11 is 0. The van der Waals surface area contributed by atoms with Gasteiger partial charge in [-0.05, 0) is 72.4 Å². The molecule has 2 heterocycles. The van der Waals surface area contributed by atoms with Gasteiger partial charge in [-0.25, -0.2) is 4.39 Å². The summed E-state index contributed by atoms with van der Waals surface area (Å²) in [4.78, 5) is 64.7. The molecule has 0 bridgehead atoms. The van der Waals surface area contributed by atoms with Crippen molar-refractivity contribution >= 4 is 49.9 Å². The Balaban J connectivity index is 1.56. The molecule has 5 rings (SSSR count). The Morgan fingerprint density at radius 3 is 2.05 bits per heavy atom. The molecule has 2 fully saturated rings. The number of ether oxygens (including phenoxy) is 5. The summed E-state index contributed by atoms with van der Waals surface area (Å²) in [6.07, 6.45) is -3.06. The quantitative estimate of drug-likeness (QED) is 0.0691. The van der Waals surface area contributed by atoms with Crippen molar-refractivity contribution in [2.75, 3.05) is 11.5 Å². The SMILES string of the molecule is CC(=O)OCC1O[C@@H](/C=C/c2ccc([C@@H]3[C@@H](CC[C@H](O)c4ccc(F)cc4)C(=O)N3c3ccccc3)c(O[Si](C)(C)C(C)(C)C)c2)[C@H](OC(C)=O)C(OC(C)=O)[C@H]1OC(C)=O. The number of hydrogen-bond acceptors (Lipinski definition) is 12. The van der Waals surface area contributed by atoms with Crippen molar-refractivity contribution in [3.63, 3.8) is 0 Å². The Bertz CT molecular complexity index is 2090. The van der Waals surface area contributed by atoms with Crippen molar-refractivity contribution in [1.29, 1.82) is 0 Å². The van der Waals surface area contributed by atoms with E-state index in [0.29, 0.717) is 29.0 Å². The zero-order valence-electron chi connectivity index (χ0n) is 36.1. The third-order valence-corrected chi connectivity index (χ3v) is 15.6. The molecule has 0 aromatic heterocycles. The molecule has 3 aromatic carbocycles. The highest BCUT2D eigenvalue weighted by atomic mass is 28.4. The van der Waals surface area contributed by atoms with Crippen molar-refractivity contribution in [3.8, 4) is 5.75 Å². The van der Waals surface area contributed by atoms with Gasteiger partial charge < -0.3 is 38.1 Å². The number of halogens is 1. The van der Waals surface area contributed by atoms with Crippen molar-refractivity contribution in [1.82, 2.24) is 0 Å². The summed E-state index contributed by atoms with van der Waals surface area (Å²) < 4.78 is 49.0. The monoisotopic (exact) mass is 861 g/mol. The number of carbonyl (C=O) groups is 5. The van der Waals surface area contributed by atoms with Crippen LogP contribution < -0.4 is 9.33 Å². The van der Waals surface area contributed by atoms with E-state index < -0.39 is 86.6 Å². The third kappa shape index (κ3) is 11.5.